The highest BCUT2D eigenvalue weighted by molar-refractivity contribution is 6.29. The van der Waals surface area contributed by atoms with E-state index in [2.05, 4.69) is 4.98 Å². The number of nitrogens with zero attached hydrogens (tertiary/aromatic N) is 2. The van der Waals surface area contributed by atoms with Crippen molar-refractivity contribution in [1.29, 1.82) is 0 Å². The Bertz CT molecular complexity index is 235. The van der Waals surface area contributed by atoms with Gasteiger partial charge in [-0.05, 0) is 0 Å². The van der Waals surface area contributed by atoms with Crippen LogP contribution in [-0.4, -0.2) is 4.98 Å². The zero-order valence-corrected chi connectivity index (χ0v) is 6.51. The van der Waals surface area contributed by atoms with Gasteiger partial charge in [-0.15, -0.1) is 0 Å². The molecule has 0 aliphatic heterocycles. The molecule has 10 heavy (non-hydrogen) atoms. The highest BCUT2D eigenvalue weighted by atomic mass is 35.5. The van der Waals surface area contributed by atoms with Crippen molar-refractivity contribution in [2.24, 2.45) is 0 Å². The van der Waals surface area contributed by atoms with Crippen LogP contribution in [0.25, 0.3) is 0 Å². The number of aryl methyl sites for hydroxylation is 1. The van der Waals surface area contributed by atoms with E-state index < -0.39 is 0 Å². The predicted molar refractivity (Wildman–Crippen MR) is 37.7 cm³/mol. The molecule has 0 aliphatic rings. The fourth-order valence-electron chi connectivity index (χ4n) is 0.644. The van der Waals surface area contributed by atoms with Crippen molar-refractivity contribution in [3.05, 3.63) is 27.9 Å². The van der Waals surface area contributed by atoms with E-state index in [1.54, 1.807) is 13.8 Å². The van der Waals surface area contributed by atoms with Gasteiger partial charge in [-0.1, -0.05) is 11.6 Å². The second-order valence-electron chi connectivity index (χ2n) is 2.07. The second-order valence-corrected chi connectivity index (χ2v) is 2.43. The van der Waals surface area contributed by atoms with Crippen LogP contribution in [0.1, 0.15) is 11.4 Å². The first-order valence-corrected chi connectivity index (χ1v) is 3.22. The van der Waals surface area contributed by atoms with Crippen LogP contribution < -0.4 is 4.73 Å². The van der Waals surface area contributed by atoms with Crippen LogP contribution in [0.2, 0.25) is 5.15 Å². The summed E-state index contributed by atoms with van der Waals surface area (Å²) >= 11 is 5.55. The van der Waals surface area contributed by atoms with Gasteiger partial charge in [0.2, 0.25) is 11.4 Å². The number of hydrogen-bond donors (Lipinski definition) is 0. The van der Waals surface area contributed by atoms with Gasteiger partial charge in [0.15, 0.2) is 5.15 Å². The molecule has 0 amide bonds. The van der Waals surface area contributed by atoms with Gasteiger partial charge in [-0.3, -0.25) is 0 Å². The molecule has 0 fully saturated rings. The Hall–Kier alpha value is -0.830. The van der Waals surface area contributed by atoms with Gasteiger partial charge in [-0.25, -0.2) is 4.98 Å². The van der Waals surface area contributed by atoms with Crippen LogP contribution >= 0.6 is 11.6 Å². The third-order valence-electron chi connectivity index (χ3n) is 1.29. The second kappa shape index (κ2) is 2.42. The van der Waals surface area contributed by atoms with Gasteiger partial charge in [0, 0.05) is 13.8 Å². The lowest BCUT2D eigenvalue weighted by molar-refractivity contribution is -0.619. The maximum absolute atomic E-state index is 11.0. The van der Waals surface area contributed by atoms with E-state index in [-0.39, 0.29) is 5.15 Å². The number of halogens is 1. The fourth-order valence-corrected chi connectivity index (χ4v) is 0.770. The summed E-state index contributed by atoms with van der Waals surface area (Å²) in [4.78, 5) is 3.78. The van der Waals surface area contributed by atoms with Crippen LogP contribution in [0, 0.1) is 19.1 Å². The van der Waals surface area contributed by atoms with Crippen molar-refractivity contribution in [1.82, 2.24) is 4.98 Å². The average molecular weight is 159 g/mol. The minimum absolute atomic E-state index is 0.264. The monoisotopic (exact) mass is 158 g/mol. The van der Waals surface area contributed by atoms with Gasteiger partial charge in [-0.2, -0.15) is 4.73 Å². The molecule has 4 heteroatoms. The zero-order valence-electron chi connectivity index (χ0n) is 5.76. The van der Waals surface area contributed by atoms with Crippen LogP contribution in [0.3, 0.4) is 0 Å². The Kier molecular flexibility index (Phi) is 1.76. The minimum Gasteiger partial charge on any atom is -0.618 e. The van der Waals surface area contributed by atoms with Gasteiger partial charge in [0.1, 0.15) is 0 Å². The molecule has 1 aromatic heterocycles. The molecule has 1 rings (SSSR count). The molecule has 0 bridgehead atoms. The lowest BCUT2D eigenvalue weighted by atomic mass is 10.4. The van der Waals surface area contributed by atoms with Crippen molar-refractivity contribution in [3.8, 4) is 0 Å². The lowest BCUT2D eigenvalue weighted by Gasteiger charge is -2.02. The summed E-state index contributed by atoms with van der Waals surface area (Å²) < 4.78 is 0.759. The standard InChI is InChI=1S/C6H7ClN2O/c1-4-3-8-6(7)5(2)9(4)10/h3H,1-2H3. The van der Waals surface area contributed by atoms with Crippen molar-refractivity contribution in [2.75, 3.05) is 0 Å². The van der Waals surface area contributed by atoms with E-state index in [4.69, 9.17) is 11.6 Å². The first-order valence-electron chi connectivity index (χ1n) is 2.84. The van der Waals surface area contributed by atoms with Crippen molar-refractivity contribution in [3.63, 3.8) is 0 Å². The molecule has 54 valence electrons. The van der Waals surface area contributed by atoms with E-state index in [9.17, 15) is 5.21 Å². The Morgan fingerprint density at radius 1 is 1.60 bits per heavy atom. The molecule has 0 N–H and O–H groups in total. The molecule has 0 aliphatic carbocycles. The highest BCUT2D eigenvalue weighted by Gasteiger charge is 2.07. The predicted octanol–water partition coefficient (Wildman–Crippen LogP) is 0.985. The third-order valence-corrected chi connectivity index (χ3v) is 1.66. The normalized spacial score (nSPS) is 9.90. The number of hydrogen-bond acceptors (Lipinski definition) is 2. The van der Waals surface area contributed by atoms with Crippen LogP contribution in [0.5, 0.6) is 0 Å². The lowest BCUT2D eigenvalue weighted by Crippen LogP contribution is -2.34. The Morgan fingerprint density at radius 2 is 2.20 bits per heavy atom. The summed E-state index contributed by atoms with van der Waals surface area (Å²) in [7, 11) is 0. The summed E-state index contributed by atoms with van der Waals surface area (Å²) in [5, 5.41) is 11.2. The Balaban J connectivity index is 3.34. The van der Waals surface area contributed by atoms with Crippen molar-refractivity contribution in [2.45, 2.75) is 13.8 Å². The zero-order chi connectivity index (χ0) is 7.72. The van der Waals surface area contributed by atoms with Gasteiger partial charge in [0.25, 0.3) is 0 Å². The maximum atomic E-state index is 11.0. The molecule has 0 atom stereocenters. The number of rotatable bonds is 0. The topological polar surface area (TPSA) is 39.8 Å². The largest absolute Gasteiger partial charge is 0.618 e. The molecule has 0 spiro atoms. The van der Waals surface area contributed by atoms with E-state index in [0.29, 0.717) is 11.4 Å². The molecule has 3 nitrogen and oxygen atoms in total. The smallest absolute Gasteiger partial charge is 0.227 e. The Morgan fingerprint density at radius 3 is 2.70 bits per heavy atom. The first-order chi connectivity index (χ1) is 4.63. The molecule has 0 saturated carbocycles. The van der Waals surface area contributed by atoms with Crippen molar-refractivity contribution >= 4 is 11.6 Å². The molecule has 0 unspecified atom stereocenters. The van der Waals surface area contributed by atoms with Gasteiger partial charge >= 0.3 is 0 Å². The number of aromatic nitrogens is 2. The fraction of sp³-hybridized carbons (Fsp3) is 0.333. The van der Waals surface area contributed by atoms with Crippen molar-refractivity contribution < 1.29 is 4.73 Å². The molecule has 1 aromatic rings. The minimum atomic E-state index is 0.264. The van der Waals surface area contributed by atoms with E-state index in [1.807, 2.05) is 0 Å². The van der Waals surface area contributed by atoms with Crippen LogP contribution in [-0.2, 0) is 0 Å². The van der Waals surface area contributed by atoms with E-state index in [0.717, 1.165) is 4.73 Å². The summed E-state index contributed by atoms with van der Waals surface area (Å²) in [5.74, 6) is 0. The Labute approximate surface area is 63.9 Å². The SMILES string of the molecule is Cc1cnc(Cl)c(C)[n+]1[O-]. The molecule has 1 heterocycles. The summed E-state index contributed by atoms with van der Waals surface area (Å²) in [6.45, 7) is 3.32. The summed E-state index contributed by atoms with van der Waals surface area (Å²) in [5.41, 5.74) is 1.00. The maximum Gasteiger partial charge on any atom is 0.227 e. The molecular weight excluding hydrogens is 152 g/mol. The van der Waals surface area contributed by atoms with E-state index in [1.165, 1.54) is 6.20 Å². The van der Waals surface area contributed by atoms with Crippen LogP contribution in [0.4, 0.5) is 0 Å². The summed E-state index contributed by atoms with van der Waals surface area (Å²) in [6.07, 6.45) is 1.45. The third kappa shape index (κ3) is 1.04. The molecule has 0 saturated heterocycles. The molecular formula is C6H7ClN2O. The first kappa shape index (κ1) is 7.28. The molecule has 0 radical (unpaired) electrons. The van der Waals surface area contributed by atoms with Gasteiger partial charge in [0.05, 0.1) is 6.20 Å². The summed E-state index contributed by atoms with van der Waals surface area (Å²) in [6, 6.07) is 0. The average Bonchev–Trinajstić information content (AvgIpc) is 1.93. The van der Waals surface area contributed by atoms with Crippen LogP contribution in [0.15, 0.2) is 6.20 Å². The van der Waals surface area contributed by atoms with Gasteiger partial charge < -0.3 is 5.21 Å². The quantitative estimate of drug-likeness (QED) is 0.417. The molecule has 0 aromatic carbocycles. The highest BCUT2D eigenvalue weighted by Crippen LogP contribution is 2.05. The van der Waals surface area contributed by atoms with E-state index >= 15 is 0 Å².